The van der Waals surface area contributed by atoms with Crippen LogP contribution in [0.4, 0.5) is 0 Å². The van der Waals surface area contributed by atoms with Crippen LogP contribution in [0.25, 0.3) is 0 Å². The average Bonchev–Trinajstić information content (AvgIpc) is 2.68. The lowest BCUT2D eigenvalue weighted by atomic mass is 10.00. The Labute approximate surface area is 89.9 Å². The fourth-order valence-corrected chi connectivity index (χ4v) is 1.55. The fraction of sp³-hybridized carbons (Fsp3) is 0.800. The summed E-state index contributed by atoms with van der Waals surface area (Å²) >= 11 is 5.60. The molecule has 1 aromatic rings. The molecule has 1 rings (SSSR count). The molecule has 1 aromatic heterocycles. The quantitative estimate of drug-likeness (QED) is 0.684. The summed E-state index contributed by atoms with van der Waals surface area (Å²) in [5, 5.41) is 7.87. The number of alkyl halides is 1. The second-order valence-electron chi connectivity index (χ2n) is 3.42. The maximum absolute atomic E-state index is 5.60. The third kappa shape index (κ3) is 2.98. The Morgan fingerprint density at radius 3 is 2.64 bits per heavy atom. The van der Waals surface area contributed by atoms with Crippen molar-refractivity contribution in [2.24, 2.45) is 0 Å². The van der Waals surface area contributed by atoms with Crippen molar-refractivity contribution >= 4 is 11.6 Å². The van der Waals surface area contributed by atoms with Crippen molar-refractivity contribution in [3.8, 4) is 0 Å². The summed E-state index contributed by atoms with van der Waals surface area (Å²) in [4.78, 5) is 0. The third-order valence-corrected chi connectivity index (χ3v) is 2.57. The Morgan fingerprint density at radius 2 is 2.14 bits per heavy atom. The number of halogens is 1. The highest BCUT2D eigenvalue weighted by molar-refractivity contribution is 6.16. The van der Waals surface area contributed by atoms with Gasteiger partial charge in [0.25, 0.3) is 0 Å². The van der Waals surface area contributed by atoms with Crippen LogP contribution < -0.4 is 0 Å². The van der Waals surface area contributed by atoms with E-state index < -0.39 is 0 Å². The standard InChI is InChI=1S/C10H17ClN2O/c1-3-5-6-8(4-2)10-13-12-9(7-11)14-10/h8H,3-7H2,1-2H3. The predicted octanol–water partition coefficient (Wildman–Crippen LogP) is 3.49. The lowest BCUT2D eigenvalue weighted by molar-refractivity contribution is 0.400. The summed E-state index contributed by atoms with van der Waals surface area (Å²) in [7, 11) is 0. The van der Waals surface area contributed by atoms with Gasteiger partial charge in [0.05, 0.1) is 0 Å². The minimum Gasteiger partial charge on any atom is -0.424 e. The second kappa shape index (κ2) is 6.02. The summed E-state index contributed by atoms with van der Waals surface area (Å²) < 4.78 is 5.43. The molecule has 0 amide bonds. The van der Waals surface area contributed by atoms with Crippen LogP contribution in [0.1, 0.15) is 57.2 Å². The van der Waals surface area contributed by atoms with Gasteiger partial charge in [-0.15, -0.1) is 21.8 Å². The van der Waals surface area contributed by atoms with Crippen molar-refractivity contribution < 1.29 is 4.42 Å². The molecular weight excluding hydrogens is 200 g/mol. The molecule has 0 aliphatic carbocycles. The first-order chi connectivity index (χ1) is 6.81. The van der Waals surface area contributed by atoms with Crippen molar-refractivity contribution in [2.45, 2.75) is 51.3 Å². The van der Waals surface area contributed by atoms with E-state index in [2.05, 4.69) is 24.0 Å². The van der Waals surface area contributed by atoms with Crippen molar-refractivity contribution in [2.75, 3.05) is 0 Å². The van der Waals surface area contributed by atoms with Crippen LogP contribution in [0.5, 0.6) is 0 Å². The van der Waals surface area contributed by atoms with Gasteiger partial charge in [0.2, 0.25) is 11.8 Å². The maximum atomic E-state index is 5.60. The van der Waals surface area contributed by atoms with Crippen molar-refractivity contribution in [1.29, 1.82) is 0 Å². The van der Waals surface area contributed by atoms with Gasteiger partial charge in [0, 0.05) is 5.92 Å². The largest absolute Gasteiger partial charge is 0.424 e. The molecule has 14 heavy (non-hydrogen) atoms. The number of nitrogens with zero attached hydrogens (tertiary/aromatic N) is 2. The summed E-state index contributed by atoms with van der Waals surface area (Å²) in [5.74, 6) is 1.98. The van der Waals surface area contributed by atoms with Crippen LogP contribution >= 0.6 is 11.6 Å². The number of unbranched alkanes of at least 4 members (excludes halogenated alkanes) is 1. The highest BCUT2D eigenvalue weighted by Crippen LogP contribution is 2.24. The zero-order chi connectivity index (χ0) is 10.4. The van der Waals surface area contributed by atoms with Gasteiger partial charge in [-0.3, -0.25) is 0 Å². The number of rotatable bonds is 6. The highest BCUT2D eigenvalue weighted by Gasteiger charge is 2.15. The lowest BCUT2D eigenvalue weighted by Gasteiger charge is -2.08. The van der Waals surface area contributed by atoms with Gasteiger partial charge < -0.3 is 4.42 Å². The molecule has 4 heteroatoms. The third-order valence-electron chi connectivity index (χ3n) is 2.34. The van der Waals surface area contributed by atoms with Crippen molar-refractivity contribution in [3.05, 3.63) is 11.8 Å². The molecule has 0 saturated carbocycles. The molecule has 0 radical (unpaired) electrons. The summed E-state index contributed by atoms with van der Waals surface area (Å²) in [6.45, 7) is 4.33. The van der Waals surface area contributed by atoms with E-state index in [4.69, 9.17) is 16.0 Å². The summed E-state index contributed by atoms with van der Waals surface area (Å²) in [6, 6.07) is 0. The van der Waals surface area contributed by atoms with Crippen LogP contribution in [-0.4, -0.2) is 10.2 Å². The van der Waals surface area contributed by atoms with Crippen LogP contribution in [0.2, 0.25) is 0 Å². The maximum Gasteiger partial charge on any atom is 0.231 e. The Hall–Kier alpha value is -0.570. The molecule has 1 unspecified atom stereocenters. The van der Waals surface area contributed by atoms with Gasteiger partial charge in [-0.25, -0.2) is 0 Å². The number of hydrogen-bond acceptors (Lipinski definition) is 3. The molecule has 0 bridgehead atoms. The molecule has 0 aromatic carbocycles. The van der Waals surface area contributed by atoms with Crippen LogP contribution in [-0.2, 0) is 5.88 Å². The molecular formula is C10H17ClN2O. The summed E-state index contributed by atoms with van der Waals surface area (Å²) in [5.41, 5.74) is 0. The minimum absolute atomic E-state index is 0.303. The Morgan fingerprint density at radius 1 is 1.36 bits per heavy atom. The molecule has 0 saturated heterocycles. The van der Waals surface area contributed by atoms with E-state index in [9.17, 15) is 0 Å². The van der Waals surface area contributed by atoms with E-state index in [1.165, 1.54) is 12.8 Å². The molecule has 0 spiro atoms. The zero-order valence-corrected chi connectivity index (χ0v) is 9.55. The molecule has 0 N–H and O–H groups in total. The normalized spacial score (nSPS) is 13.1. The Bertz CT molecular complexity index is 262. The molecule has 0 fully saturated rings. The average molecular weight is 217 g/mol. The SMILES string of the molecule is CCCCC(CC)c1nnc(CCl)o1. The lowest BCUT2D eigenvalue weighted by Crippen LogP contribution is -1.97. The van der Waals surface area contributed by atoms with E-state index in [0.717, 1.165) is 18.7 Å². The van der Waals surface area contributed by atoms with Gasteiger partial charge >= 0.3 is 0 Å². The van der Waals surface area contributed by atoms with Gasteiger partial charge in [0.15, 0.2) is 0 Å². The monoisotopic (exact) mass is 216 g/mol. The zero-order valence-electron chi connectivity index (χ0n) is 8.79. The van der Waals surface area contributed by atoms with E-state index in [-0.39, 0.29) is 0 Å². The van der Waals surface area contributed by atoms with Gasteiger partial charge in [-0.2, -0.15) is 0 Å². The molecule has 1 atom stereocenters. The molecule has 1 heterocycles. The smallest absolute Gasteiger partial charge is 0.231 e. The number of hydrogen-bond donors (Lipinski definition) is 0. The van der Waals surface area contributed by atoms with Crippen molar-refractivity contribution in [1.82, 2.24) is 10.2 Å². The van der Waals surface area contributed by atoms with E-state index in [1.54, 1.807) is 0 Å². The molecule has 80 valence electrons. The first-order valence-electron chi connectivity index (χ1n) is 5.20. The van der Waals surface area contributed by atoms with Gasteiger partial charge in [-0.1, -0.05) is 26.7 Å². The van der Waals surface area contributed by atoms with E-state index >= 15 is 0 Å². The fourth-order valence-electron chi connectivity index (χ4n) is 1.44. The van der Waals surface area contributed by atoms with E-state index in [0.29, 0.717) is 17.7 Å². The Balaban J connectivity index is 2.58. The molecule has 3 nitrogen and oxygen atoms in total. The molecule has 0 aliphatic heterocycles. The topological polar surface area (TPSA) is 38.9 Å². The van der Waals surface area contributed by atoms with Gasteiger partial charge in [-0.05, 0) is 12.8 Å². The second-order valence-corrected chi connectivity index (χ2v) is 3.68. The van der Waals surface area contributed by atoms with Crippen LogP contribution in [0.3, 0.4) is 0 Å². The predicted molar refractivity (Wildman–Crippen MR) is 56.4 cm³/mol. The van der Waals surface area contributed by atoms with Gasteiger partial charge in [0.1, 0.15) is 5.88 Å². The first-order valence-corrected chi connectivity index (χ1v) is 5.73. The molecule has 0 aliphatic rings. The summed E-state index contributed by atoms with van der Waals surface area (Å²) in [6.07, 6.45) is 4.57. The minimum atomic E-state index is 0.303. The van der Waals surface area contributed by atoms with Crippen molar-refractivity contribution in [3.63, 3.8) is 0 Å². The van der Waals surface area contributed by atoms with Crippen LogP contribution in [0.15, 0.2) is 4.42 Å². The Kier molecular flexibility index (Phi) is 4.94. The highest BCUT2D eigenvalue weighted by atomic mass is 35.5. The van der Waals surface area contributed by atoms with Crippen LogP contribution in [0, 0.1) is 0 Å². The number of aromatic nitrogens is 2. The van der Waals surface area contributed by atoms with E-state index in [1.807, 2.05) is 0 Å². The first kappa shape index (κ1) is 11.5.